The van der Waals surface area contributed by atoms with Gasteiger partial charge in [-0.25, -0.2) is 0 Å². The molecule has 3 N–H and O–H groups in total. The van der Waals surface area contributed by atoms with Gasteiger partial charge in [0.15, 0.2) is 0 Å². The fraction of sp³-hybridized carbons (Fsp3) is 0.667. The summed E-state index contributed by atoms with van der Waals surface area (Å²) in [5.41, 5.74) is 0. The second kappa shape index (κ2) is 10.5. The maximum absolute atomic E-state index is 11.2. The van der Waals surface area contributed by atoms with E-state index in [1.54, 1.807) is 0 Å². The zero-order chi connectivity index (χ0) is 17.1. The lowest BCUT2D eigenvalue weighted by Gasteiger charge is -2.22. The van der Waals surface area contributed by atoms with Crippen molar-refractivity contribution in [2.75, 3.05) is 46.4 Å². The normalized spacial score (nSPS) is 10.7. The number of nitrogens with zero attached hydrogens (tertiary/aromatic N) is 2. The average Bonchev–Trinajstić information content (AvgIpc) is 2.35. The van der Waals surface area contributed by atoms with Crippen molar-refractivity contribution in [1.29, 1.82) is 0 Å². The molecule has 0 fully saturated rings. The summed E-state index contributed by atoms with van der Waals surface area (Å²) in [6, 6.07) is 0. The average molecular weight is 320 g/mol. The van der Waals surface area contributed by atoms with Gasteiger partial charge >= 0.3 is 23.9 Å². The first-order chi connectivity index (χ1) is 10.2. The van der Waals surface area contributed by atoms with Gasteiger partial charge in [0.05, 0.1) is 33.3 Å². The number of rotatable bonds is 12. The molecule has 0 unspecified atom stereocenters. The molecular formula is C12H20N2O8. The van der Waals surface area contributed by atoms with Crippen LogP contribution in [0.1, 0.15) is 6.42 Å². The molecule has 0 amide bonds. The highest BCUT2D eigenvalue weighted by Crippen LogP contribution is 1.97. The number of methoxy groups -OCH3 is 1. The molecule has 0 aliphatic heterocycles. The minimum atomic E-state index is -1.15. The standard InChI is InChI=1S/C12H20N2O8/c1-22-12(21)8-14(7-11(19)20)4-2-3-13(5-9(15)16)6-10(17)18/h2-8H2,1H3,(H,15,16)(H,17,18)(H,19,20). The van der Waals surface area contributed by atoms with Crippen molar-refractivity contribution in [1.82, 2.24) is 9.80 Å². The van der Waals surface area contributed by atoms with E-state index in [9.17, 15) is 19.2 Å². The molecule has 0 saturated carbocycles. The molecule has 0 aliphatic rings. The highest BCUT2D eigenvalue weighted by Gasteiger charge is 2.16. The minimum absolute atomic E-state index is 0.149. The number of carboxylic acid groups (broad SMARTS) is 3. The lowest BCUT2D eigenvalue weighted by molar-refractivity contribution is -0.144. The van der Waals surface area contributed by atoms with E-state index in [4.69, 9.17) is 15.3 Å². The maximum Gasteiger partial charge on any atom is 0.319 e. The van der Waals surface area contributed by atoms with Crippen LogP contribution in [-0.2, 0) is 23.9 Å². The molecule has 126 valence electrons. The van der Waals surface area contributed by atoms with E-state index in [0.717, 1.165) is 0 Å². The number of esters is 1. The van der Waals surface area contributed by atoms with Gasteiger partial charge < -0.3 is 20.1 Å². The Balaban J connectivity index is 4.40. The van der Waals surface area contributed by atoms with Crippen LogP contribution < -0.4 is 0 Å². The summed E-state index contributed by atoms with van der Waals surface area (Å²) < 4.78 is 4.46. The zero-order valence-corrected chi connectivity index (χ0v) is 12.2. The molecule has 0 aromatic carbocycles. The fourth-order valence-corrected chi connectivity index (χ4v) is 1.77. The van der Waals surface area contributed by atoms with Crippen LogP contribution >= 0.6 is 0 Å². The summed E-state index contributed by atoms with van der Waals surface area (Å²) in [5.74, 6) is -4.01. The van der Waals surface area contributed by atoms with Crippen LogP contribution in [0.4, 0.5) is 0 Å². The van der Waals surface area contributed by atoms with E-state index in [1.165, 1.54) is 16.9 Å². The minimum Gasteiger partial charge on any atom is -0.480 e. The Hall–Kier alpha value is -2.20. The van der Waals surface area contributed by atoms with E-state index in [1.807, 2.05) is 0 Å². The van der Waals surface area contributed by atoms with Crippen molar-refractivity contribution in [3.63, 3.8) is 0 Å². The van der Waals surface area contributed by atoms with Gasteiger partial charge in [0, 0.05) is 13.1 Å². The summed E-state index contributed by atoms with van der Waals surface area (Å²) >= 11 is 0. The molecule has 0 aliphatic carbocycles. The van der Waals surface area contributed by atoms with Crippen LogP contribution in [0.3, 0.4) is 0 Å². The molecule has 0 rings (SSSR count). The van der Waals surface area contributed by atoms with Gasteiger partial charge in [-0.2, -0.15) is 0 Å². The van der Waals surface area contributed by atoms with Crippen LogP contribution in [0.2, 0.25) is 0 Å². The van der Waals surface area contributed by atoms with Crippen molar-refractivity contribution in [3.8, 4) is 0 Å². The number of carbonyl (C=O) groups is 4. The summed E-state index contributed by atoms with van der Waals surface area (Å²) in [7, 11) is 1.18. The highest BCUT2D eigenvalue weighted by molar-refractivity contribution is 5.74. The topological polar surface area (TPSA) is 145 Å². The predicted molar refractivity (Wildman–Crippen MR) is 72.4 cm³/mol. The molecule has 0 saturated heterocycles. The van der Waals surface area contributed by atoms with Gasteiger partial charge in [-0.1, -0.05) is 0 Å². The summed E-state index contributed by atoms with van der Waals surface area (Å²) in [5, 5.41) is 26.1. The van der Waals surface area contributed by atoms with Crippen molar-refractivity contribution < 1.29 is 39.2 Å². The third-order valence-corrected chi connectivity index (χ3v) is 2.61. The molecule has 0 heterocycles. The van der Waals surface area contributed by atoms with Gasteiger partial charge in [-0.3, -0.25) is 29.0 Å². The maximum atomic E-state index is 11.2. The molecule has 0 aromatic heterocycles. The third-order valence-electron chi connectivity index (χ3n) is 2.61. The van der Waals surface area contributed by atoms with E-state index < -0.39 is 37.0 Å². The van der Waals surface area contributed by atoms with Crippen LogP contribution in [0.15, 0.2) is 0 Å². The molecule has 0 aromatic rings. The van der Waals surface area contributed by atoms with E-state index >= 15 is 0 Å². The first-order valence-electron chi connectivity index (χ1n) is 6.41. The fourth-order valence-electron chi connectivity index (χ4n) is 1.77. The second-order valence-electron chi connectivity index (χ2n) is 4.53. The smallest absolute Gasteiger partial charge is 0.319 e. The van der Waals surface area contributed by atoms with Gasteiger partial charge in [0.1, 0.15) is 0 Å². The molecular weight excluding hydrogens is 300 g/mol. The number of hydrogen-bond acceptors (Lipinski definition) is 7. The number of carbonyl (C=O) groups excluding carboxylic acids is 1. The molecule has 0 bridgehead atoms. The van der Waals surface area contributed by atoms with E-state index in [0.29, 0.717) is 6.42 Å². The molecule has 0 radical (unpaired) electrons. The van der Waals surface area contributed by atoms with Crippen molar-refractivity contribution in [2.45, 2.75) is 6.42 Å². The first-order valence-corrected chi connectivity index (χ1v) is 6.41. The lowest BCUT2D eigenvalue weighted by Crippen LogP contribution is -2.39. The van der Waals surface area contributed by atoms with Gasteiger partial charge in [0.25, 0.3) is 0 Å². The number of ether oxygens (including phenoxy) is 1. The Morgan fingerprint density at radius 1 is 0.773 bits per heavy atom. The summed E-state index contributed by atoms with van der Waals surface area (Å²) in [6.45, 7) is -1.09. The van der Waals surface area contributed by atoms with E-state index in [2.05, 4.69) is 4.74 Å². The second-order valence-corrected chi connectivity index (χ2v) is 4.53. The first kappa shape index (κ1) is 19.8. The Morgan fingerprint density at radius 3 is 1.45 bits per heavy atom. The van der Waals surface area contributed by atoms with Gasteiger partial charge in [-0.15, -0.1) is 0 Å². The van der Waals surface area contributed by atoms with Crippen molar-refractivity contribution in [3.05, 3.63) is 0 Å². The molecule has 0 spiro atoms. The molecule has 10 nitrogen and oxygen atoms in total. The van der Waals surface area contributed by atoms with Crippen LogP contribution in [0.5, 0.6) is 0 Å². The Morgan fingerprint density at radius 2 is 1.14 bits per heavy atom. The monoisotopic (exact) mass is 320 g/mol. The highest BCUT2D eigenvalue weighted by atomic mass is 16.5. The number of hydrogen-bond donors (Lipinski definition) is 3. The predicted octanol–water partition coefficient (Wildman–Crippen LogP) is -1.59. The van der Waals surface area contributed by atoms with Crippen molar-refractivity contribution >= 4 is 23.9 Å². The van der Waals surface area contributed by atoms with Crippen LogP contribution in [0.25, 0.3) is 0 Å². The Bertz CT molecular complexity index is 396. The molecule has 0 atom stereocenters. The lowest BCUT2D eigenvalue weighted by atomic mass is 10.3. The van der Waals surface area contributed by atoms with Crippen molar-refractivity contribution in [2.24, 2.45) is 0 Å². The molecule has 10 heteroatoms. The number of aliphatic carboxylic acids is 3. The zero-order valence-electron chi connectivity index (χ0n) is 12.2. The SMILES string of the molecule is COC(=O)CN(CCCN(CC(=O)O)CC(=O)O)CC(=O)O. The van der Waals surface area contributed by atoms with Gasteiger partial charge in [0.2, 0.25) is 0 Å². The Kier molecular flexibility index (Phi) is 9.46. The van der Waals surface area contributed by atoms with E-state index in [-0.39, 0.29) is 26.2 Å². The number of carboxylic acids is 3. The summed E-state index contributed by atoms with van der Waals surface area (Å²) in [4.78, 5) is 45.7. The molecule has 22 heavy (non-hydrogen) atoms. The van der Waals surface area contributed by atoms with Crippen LogP contribution in [-0.4, -0.2) is 95.4 Å². The third kappa shape index (κ3) is 10.6. The summed E-state index contributed by atoms with van der Waals surface area (Å²) in [6.07, 6.45) is 0.310. The van der Waals surface area contributed by atoms with Gasteiger partial charge in [-0.05, 0) is 6.42 Å². The van der Waals surface area contributed by atoms with Crippen LogP contribution in [0, 0.1) is 0 Å². The Labute approximate surface area is 126 Å². The largest absolute Gasteiger partial charge is 0.480 e. The quantitative estimate of drug-likeness (QED) is 0.360.